The van der Waals surface area contributed by atoms with E-state index in [2.05, 4.69) is 15.1 Å². The molecule has 0 atom stereocenters. The molecule has 9 nitrogen and oxygen atoms in total. The number of carbonyl (C=O) groups is 2. The third-order valence-corrected chi connectivity index (χ3v) is 6.13. The van der Waals surface area contributed by atoms with Gasteiger partial charge in [0.2, 0.25) is 11.8 Å². The van der Waals surface area contributed by atoms with Crippen LogP contribution in [0.5, 0.6) is 11.5 Å². The molecule has 2 amide bonds. The number of nitrogens with zero attached hydrogens (tertiary/aromatic N) is 5. The molecule has 2 heterocycles. The van der Waals surface area contributed by atoms with Crippen molar-refractivity contribution in [3.8, 4) is 22.8 Å². The average Bonchev–Trinajstić information content (AvgIpc) is 3.14. The molecule has 1 aromatic carbocycles. The Morgan fingerprint density at radius 3 is 2.40 bits per heavy atom. The normalized spacial score (nSPS) is 14.0. The Bertz CT molecular complexity index is 996. The first-order valence-electron chi connectivity index (χ1n) is 12.3. The summed E-state index contributed by atoms with van der Waals surface area (Å²) in [6, 6.07) is 9.55. The Morgan fingerprint density at radius 1 is 1.00 bits per heavy atom. The maximum atomic E-state index is 13.0. The van der Waals surface area contributed by atoms with Crippen LogP contribution in [0, 0.1) is 5.92 Å². The fourth-order valence-corrected chi connectivity index (χ4v) is 4.20. The van der Waals surface area contributed by atoms with Gasteiger partial charge in [-0.05, 0) is 43.2 Å². The number of carbonyl (C=O) groups excluding carboxylic acids is 2. The minimum atomic E-state index is -0.116. The Labute approximate surface area is 208 Å². The second-order valence-corrected chi connectivity index (χ2v) is 8.98. The molecule has 0 saturated carbocycles. The Balaban J connectivity index is 1.63. The fraction of sp³-hybridized carbons (Fsp3) is 0.538. The Morgan fingerprint density at radius 2 is 1.77 bits per heavy atom. The van der Waals surface area contributed by atoms with Crippen molar-refractivity contribution in [2.45, 2.75) is 33.6 Å². The summed E-state index contributed by atoms with van der Waals surface area (Å²) in [6.07, 6.45) is 1.66. The minimum Gasteiger partial charge on any atom is -0.493 e. The Hall–Kier alpha value is -3.36. The van der Waals surface area contributed by atoms with Crippen LogP contribution in [0.2, 0.25) is 0 Å². The van der Waals surface area contributed by atoms with Gasteiger partial charge in [-0.25, -0.2) is 0 Å². The summed E-state index contributed by atoms with van der Waals surface area (Å²) in [5.41, 5.74) is 1.63. The zero-order valence-electron chi connectivity index (χ0n) is 21.5. The molecule has 190 valence electrons. The molecule has 0 spiro atoms. The van der Waals surface area contributed by atoms with Crippen molar-refractivity contribution in [2.75, 3.05) is 58.4 Å². The molecule has 0 N–H and O–H groups in total. The summed E-state index contributed by atoms with van der Waals surface area (Å²) < 4.78 is 10.7. The van der Waals surface area contributed by atoms with Crippen LogP contribution >= 0.6 is 0 Å². The van der Waals surface area contributed by atoms with E-state index in [0.29, 0.717) is 37.7 Å². The first kappa shape index (κ1) is 26.2. The minimum absolute atomic E-state index is 0.00388. The second-order valence-electron chi connectivity index (χ2n) is 8.98. The molecule has 1 aliphatic heterocycles. The van der Waals surface area contributed by atoms with Gasteiger partial charge in [-0.2, -0.15) is 0 Å². The molecular formula is C26H37N5O4. The molecular weight excluding hydrogens is 446 g/mol. The first-order chi connectivity index (χ1) is 16.9. The number of aromatic nitrogens is 2. The molecule has 0 bridgehead atoms. The van der Waals surface area contributed by atoms with E-state index in [0.717, 1.165) is 36.5 Å². The fourth-order valence-electron chi connectivity index (χ4n) is 4.20. The number of methoxy groups -OCH3 is 2. The van der Waals surface area contributed by atoms with Crippen LogP contribution in [0.15, 0.2) is 30.3 Å². The molecule has 3 rings (SSSR count). The topological polar surface area (TPSA) is 88.1 Å². The number of hydrogen-bond acceptors (Lipinski definition) is 7. The van der Waals surface area contributed by atoms with Gasteiger partial charge in [0.25, 0.3) is 0 Å². The number of amides is 2. The van der Waals surface area contributed by atoms with Crippen molar-refractivity contribution in [2.24, 2.45) is 5.92 Å². The van der Waals surface area contributed by atoms with E-state index in [-0.39, 0.29) is 24.3 Å². The van der Waals surface area contributed by atoms with Gasteiger partial charge in [-0.15, -0.1) is 10.2 Å². The number of ether oxygens (including phenoxy) is 2. The monoisotopic (exact) mass is 483 g/mol. The maximum absolute atomic E-state index is 13.0. The quantitative estimate of drug-likeness (QED) is 0.542. The van der Waals surface area contributed by atoms with E-state index < -0.39 is 0 Å². The van der Waals surface area contributed by atoms with Gasteiger partial charge >= 0.3 is 0 Å². The first-order valence-corrected chi connectivity index (χ1v) is 12.3. The summed E-state index contributed by atoms with van der Waals surface area (Å²) in [7, 11) is 3.21. The summed E-state index contributed by atoms with van der Waals surface area (Å²) in [5, 5.41) is 8.87. The van der Waals surface area contributed by atoms with Crippen molar-refractivity contribution in [3.05, 3.63) is 30.3 Å². The van der Waals surface area contributed by atoms with Crippen LogP contribution in [0.4, 0.5) is 5.82 Å². The van der Waals surface area contributed by atoms with E-state index in [9.17, 15) is 9.59 Å². The van der Waals surface area contributed by atoms with Crippen LogP contribution in [-0.2, 0) is 9.59 Å². The summed E-state index contributed by atoms with van der Waals surface area (Å²) in [6.45, 7) is 9.23. The molecule has 0 aliphatic carbocycles. The van der Waals surface area contributed by atoms with Crippen LogP contribution in [0.3, 0.4) is 0 Å². The van der Waals surface area contributed by atoms with E-state index >= 15 is 0 Å². The highest BCUT2D eigenvalue weighted by Gasteiger charge is 2.24. The zero-order valence-corrected chi connectivity index (χ0v) is 21.5. The van der Waals surface area contributed by atoms with Gasteiger partial charge in [-0.3, -0.25) is 9.59 Å². The molecule has 35 heavy (non-hydrogen) atoms. The largest absolute Gasteiger partial charge is 0.493 e. The maximum Gasteiger partial charge on any atom is 0.242 e. The van der Waals surface area contributed by atoms with Crippen molar-refractivity contribution in [1.82, 2.24) is 20.0 Å². The SMILES string of the molecule is CCCN(CC(=O)N1CCCN(c2ccc(-c3ccc(OC)c(OC)c3)nn2)CC1)C(=O)C(C)C. The van der Waals surface area contributed by atoms with Gasteiger partial charge in [0.15, 0.2) is 17.3 Å². The van der Waals surface area contributed by atoms with Gasteiger partial charge in [-0.1, -0.05) is 20.8 Å². The summed E-state index contributed by atoms with van der Waals surface area (Å²) >= 11 is 0. The van der Waals surface area contributed by atoms with Crippen molar-refractivity contribution >= 4 is 17.6 Å². The predicted molar refractivity (Wildman–Crippen MR) is 136 cm³/mol. The smallest absolute Gasteiger partial charge is 0.242 e. The number of rotatable bonds is 9. The van der Waals surface area contributed by atoms with Crippen molar-refractivity contribution in [3.63, 3.8) is 0 Å². The molecule has 1 aliphatic rings. The van der Waals surface area contributed by atoms with Crippen molar-refractivity contribution in [1.29, 1.82) is 0 Å². The lowest BCUT2D eigenvalue weighted by atomic mass is 10.1. The van der Waals surface area contributed by atoms with Gasteiger partial charge in [0.05, 0.1) is 26.5 Å². The highest BCUT2D eigenvalue weighted by Crippen LogP contribution is 2.31. The molecule has 0 unspecified atom stereocenters. The third-order valence-electron chi connectivity index (χ3n) is 6.13. The summed E-state index contributed by atoms with van der Waals surface area (Å²) in [4.78, 5) is 31.2. The standard InChI is InChI=1S/C26H37N5O4/c1-6-12-31(26(33)19(2)3)18-25(32)30-14-7-13-29(15-16-30)24-11-9-21(27-28-24)20-8-10-22(34-4)23(17-20)35-5/h8-11,17,19H,6-7,12-16,18H2,1-5H3. The molecule has 2 aromatic rings. The predicted octanol–water partition coefficient (Wildman–Crippen LogP) is 3.09. The number of benzene rings is 1. The molecule has 9 heteroatoms. The van der Waals surface area contributed by atoms with E-state index in [4.69, 9.17) is 9.47 Å². The molecule has 1 aromatic heterocycles. The lowest BCUT2D eigenvalue weighted by molar-refractivity contribution is -0.142. The van der Waals surface area contributed by atoms with Crippen LogP contribution < -0.4 is 14.4 Å². The van der Waals surface area contributed by atoms with Gasteiger partial charge in [0, 0.05) is 44.2 Å². The molecule has 1 fully saturated rings. The Kier molecular flexibility index (Phi) is 9.28. The summed E-state index contributed by atoms with van der Waals surface area (Å²) in [5.74, 6) is 2.00. The average molecular weight is 484 g/mol. The molecule has 1 saturated heterocycles. The highest BCUT2D eigenvalue weighted by atomic mass is 16.5. The second kappa shape index (κ2) is 12.4. The highest BCUT2D eigenvalue weighted by molar-refractivity contribution is 5.85. The van der Waals surface area contributed by atoms with E-state index in [1.54, 1.807) is 19.1 Å². The van der Waals surface area contributed by atoms with Crippen LogP contribution in [0.25, 0.3) is 11.3 Å². The van der Waals surface area contributed by atoms with Crippen LogP contribution in [-0.4, -0.2) is 85.3 Å². The van der Waals surface area contributed by atoms with Gasteiger partial charge in [0.1, 0.15) is 0 Å². The van der Waals surface area contributed by atoms with Crippen LogP contribution in [0.1, 0.15) is 33.6 Å². The lowest BCUT2D eigenvalue weighted by Crippen LogP contribution is -2.45. The lowest BCUT2D eigenvalue weighted by Gasteiger charge is -2.28. The molecule has 0 radical (unpaired) electrons. The number of anilines is 1. The third kappa shape index (κ3) is 6.61. The number of hydrogen-bond donors (Lipinski definition) is 0. The van der Waals surface area contributed by atoms with Crippen molar-refractivity contribution < 1.29 is 19.1 Å². The van der Waals surface area contributed by atoms with Gasteiger partial charge < -0.3 is 24.2 Å². The van der Waals surface area contributed by atoms with E-state index in [1.807, 2.05) is 56.0 Å². The van der Waals surface area contributed by atoms with E-state index in [1.165, 1.54) is 0 Å². The zero-order chi connectivity index (χ0) is 25.4.